The van der Waals surface area contributed by atoms with Crippen molar-refractivity contribution in [2.24, 2.45) is 5.73 Å². The van der Waals surface area contributed by atoms with Crippen LogP contribution in [0, 0.1) is 0 Å². The molecule has 0 fully saturated rings. The maximum atomic E-state index is 5.75. The van der Waals surface area contributed by atoms with E-state index in [2.05, 4.69) is 49.9 Å². The number of hydrogen-bond acceptors (Lipinski definition) is 2. The lowest BCUT2D eigenvalue weighted by Gasteiger charge is -2.21. The van der Waals surface area contributed by atoms with Crippen molar-refractivity contribution in [2.75, 3.05) is 18.0 Å². The molecule has 0 bridgehead atoms. The van der Waals surface area contributed by atoms with Gasteiger partial charge in [0.05, 0.1) is 0 Å². The van der Waals surface area contributed by atoms with Crippen molar-refractivity contribution in [1.29, 1.82) is 0 Å². The summed E-state index contributed by atoms with van der Waals surface area (Å²) in [7, 11) is 0. The topological polar surface area (TPSA) is 29.3 Å². The normalized spacial score (nSPS) is 12.5. The molecule has 1 rings (SSSR count). The second-order valence-electron chi connectivity index (χ2n) is 4.35. The molecule has 0 amide bonds. The van der Waals surface area contributed by atoms with Crippen LogP contribution < -0.4 is 10.6 Å². The highest BCUT2D eigenvalue weighted by molar-refractivity contribution is 5.47. The monoisotopic (exact) mass is 220 g/mol. The summed E-state index contributed by atoms with van der Waals surface area (Å²) in [6.45, 7) is 8.57. The summed E-state index contributed by atoms with van der Waals surface area (Å²) in [4.78, 5) is 2.36. The zero-order valence-electron chi connectivity index (χ0n) is 10.7. The van der Waals surface area contributed by atoms with Crippen LogP contribution >= 0.6 is 0 Å². The Bertz CT molecular complexity index is 286. The Balaban J connectivity index is 2.60. The highest BCUT2D eigenvalue weighted by Gasteiger charge is 2.01. The third-order valence-corrected chi connectivity index (χ3v) is 2.95. The first-order valence-electron chi connectivity index (χ1n) is 6.26. The molecule has 0 heterocycles. The Hall–Kier alpha value is -1.02. The Kier molecular flexibility index (Phi) is 5.33. The maximum absolute atomic E-state index is 5.75. The molecule has 0 saturated heterocycles. The van der Waals surface area contributed by atoms with Gasteiger partial charge in [0, 0.05) is 24.8 Å². The second kappa shape index (κ2) is 6.54. The molecule has 16 heavy (non-hydrogen) atoms. The first kappa shape index (κ1) is 13.0. The molecule has 2 N–H and O–H groups in total. The summed E-state index contributed by atoms with van der Waals surface area (Å²) in [5, 5.41) is 0. The summed E-state index contributed by atoms with van der Waals surface area (Å²) in [5.74, 6) is 0. The fourth-order valence-electron chi connectivity index (χ4n) is 1.86. The molecule has 2 nitrogen and oxygen atoms in total. The van der Waals surface area contributed by atoms with Gasteiger partial charge in [0.15, 0.2) is 0 Å². The van der Waals surface area contributed by atoms with Gasteiger partial charge in [-0.1, -0.05) is 12.1 Å². The molecule has 2 heteroatoms. The number of hydrogen-bond donors (Lipinski definition) is 1. The molecule has 0 unspecified atom stereocenters. The predicted molar refractivity (Wildman–Crippen MR) is 72.0 cm³/mol. The summed E-state index contributed by atoms with van der Waals surface area (Å²) < 4.78 is 0. The molecule has 1 aromatic carbocycles. The minimum absolute atomic E-state index is 0.294. The highest BCUT2D eigenvalue weighted by Crippen LogP contribution is 2.15. The number of anilines is 1. The van der Waals surface area contributed by atoms with Crippen LogP contribution in [-0.4, -0.2) is 19.1 Å². The average Bonchev–Trinajstić information content (AvgIpc) is 2.29. The summed E-state index contributed by atoms with van der Waals surface area (Å²) in [6.07, 6.45) is 2.14. The maximum Gasteiger partial charge on any atom is 0.0366 e. The van der Waals surface area contributed by atoms with Crippen LogP contribution in [0.4, 0.5) is 5.69 Å². The van der Waals surface area contributed by atoms with Crippen LogP contribution in [-0.2, 0) is 6.42 Å². The second-order valence-corrected chi connectivity index (χ2v) is 4.35. The number of benzene rings is 1. The molecule has 0 spiro atoms. The molecular formula is C14H24N2. The van der Waals surface area contributed by atoms with E-state index in [0.717, 1.165) is 25.9 Å². The molecule has 1 atom stereocenters. The largest absolute Gasteiger partial charge is 0.372 e. The Morgan fingerprint density at radius 1 is 1.12 bits per heavy atom. The van der Waals surface area contributed by atoms with E-state index in [1.54, 1.807) is 0 Å². The molecule has 0 aromatic heterocycles. The first-order valence-corrected chi connectivity index (χ1v) is 6.26. The van der Waals surface area contributed by atoms with E-state index in [9.17, 15) is 0 Å². The van der Waals surface area contributed by atoms with Crippen molar-refractivity contribution < 1.29 is 0 Å². The van der Waals surface area contributed by atoms with Gasteiger partial charge in [-0.25, -0.2) is 0 Å². The van der Waals surface area contributed by atoms with Crippen molar-refractivity contribution in [1.82, 2.24) is 0 Å². The minimum atomic E-state index is 0.294. The molecule has 0 aliphatic carbocycles. The molecular weight excluding hydrogens is 196 g/mol. The minimum Gasteiger partial charge on any atom is -0.372 e. The predicted octanol–water partition coefficient (Wildman–Crippen LogP) is 2.81. The Morgan fingerprint density at radius 2 is 1.69 bits per heavy atom. The molecule has 0 radical (unpaired) electrons. The fraction of sp³-hybridized carbons (Fsp3) is 0.571. The number of rotatable bonds is 6. The van der Waals surface area contributed by atoms with Gasteiger partial charge in [-0.2, -0.15) is 0 Å². The standard InChI is InChI=1S/C14H24N2/c1-4-16(5-2)14-10-8-13(9-11-14)7-6-12(3)15/h8-12H,4-7,15H2,1-3H3/t12-/m0/s1. The molecule has 1 aromatic rings. The number of aryl methyl sites for hydroxylation is 1. The molecule has 90 valence electrons. The molecule has 0 aliphatic heterocycles. The van der Waals surface area contributed by atoms with E-state index < -0.39 is 0 Å². The van der Waals surface area contributed by atoms with E-state index >= 15 is 0 Å². The quantitative estimate of drug-likeness (QED) is 0.798. The van der Waals surface area contributed by atoms with Gasteiger partial charge in [0.2, 0.25) is 0 Å². The van der Waals surface area contributed by atoms with Gasteiger partial charge in [-0.05, 0) is 51.3 Å². The van der Waals surface area contributed by atoms with Gasteiger partial charge in [-0.15, -0.1) is 0 Å². The Labute approximate surface area is 99.5 Å². The van der Waals surface area contributed by atoms with E-state index in [4.69, 9.17) is 5.73 Å². The summed E-state index contributed by atoms with van der Waals surface area (Å²) in [5.41, 5.74) is 8.45. The average molecular weight is 220 g/mol. The smallest absolute Gasteiger partial charge is 0.0366 e. The zero-order valence-corrected chi connectivity index (χ0v) is 10.7. The van der Waals surface area contributed by atoms with Crippen LogP contribution in [0.3, 0.4) is 0 Å². The van der Waals surface area contributed by atoms with E-state index in [1.807, 2.05) is 0 Å². The van der Waals surface area contributed by atoms with Gasteiger partial charge in [0.1, 0.15) is 0 Å². The third-order valence-electron chi connectivity index (χ3n) is 2.95. The van der Waals surface area contributed by atoms with Crippen LogP contribution in [0.1, 0.15) is 32.8 Å². The lowest BCUT2D eigenvalue weighted by molar-refractivity contribution is 0.666. The molecule has 0 aliphatic rings. The van der Waals surface area contributed by atoms with Gasteiger partial charge >= 0.3 is 0 Å². The lowest BCUT2D eigenvalue weighted by Crippen LogP contribution is -2.21. The van der Waals surface area contributed by atoms with E-state index in [-0.39, 0.29) is 0 Å². The van der Waals surface area contributed by atoms with Gasteiger partial charge < -0.3 is 10.6 Å². The van der Waals surface area contributed by atoms with Crippen LogP contribution in [0.2, 0.25) is 0 Å². The van der Waals surface area contributed by atoms with Crippen LogP contribution in [0.5, 0.6) is 0 Å². The Morgan fingerprint density at radius 3 is 2.12 bits per heavy atom. The highest BCUT2D eigenvalue weighted by atomic mass is 15.1. The number of nitrogens with zero attached hydrogens (tertiary/aromatic N) is 1. The first-order chi connectivity index (χ1) is 7.67. The van der Waals surface area contributed by atoms with E-state index in [0.29, 0.717) is 6.04 Å². The van der Waals surface area contributed by atoms with Crippen LogP contribution in [0.15, 0.2) is 24.3 Å². The summed E-state index contributed by atoms with van der Waals surface area (Å²) in [6, 6.07) is 9.15. The van der Waals surface area contributed by atoms with Crippen LogP contribution in [0.25, 0.3) is 0 Å². The van der Waals surface area contributed by atoms with Gasteiger partial charge in [-0.3, -0.25) is 0 Å². The zero-order chi connectivity index (χ0) is 12.0. The van der Waals surface area contributed by atoms with Crippen molar-refractivity contribution >= 4 is 5.69 Å². The van der Waals surface area contributed by atoms with E-state index in [1.165, 1.54) is 11.3 Å². The third kappa shape index (κ3) is 3.86. The van der Waals surface area contributed by atoms with Crippen molar-refractivity contribution in [3.63, 3.8) is 0 Å². The molecule has 0 saturated carbocycles. The van der Waals surface area contributed by atoms with Gasteiger partial charge in [0.25, 0.3) is 0 Å². The lowest BCUT2D eigenvalue weighted by atomic mass is 10.1. The van der Waals surface area contributed by atoms with Crippen molar-refractivity contribution in [3.8, 4) is 0 Å². The summed E-state index contributed by atoms with van der Waals surface area (Å²) >= 11 is 0. The number of nitrogens with two attached hydrogens (primary N) is 1. The SMILES string of the molecule is CCN(CC)c1ccc(CC[C@H](C)N)cc1. The fourth-order valence-corrected chi connectivity index (χ4v) is 1.86. The van der Waals surface area contributed by atoms with Crippen molar-refractivity contribution in [3.05, 3.63) is 29.8 Å². The van der Waals surface area contributed by atoms with Crippen molar-refractivity contribution in [2.45, 2.75) is 39.7 Å².